The summed E-state index contributed by atoms with van der Waals surface area (Å²) in [6.45, 7) is 1.53. The van der Waals surface area contributed by atoms with Gasteiger partial charge in [0.25, 0.3) is 0 Å². The highest BCUT2D eigenvalue weighted by molar-refractivity contribution is 6.30. The highest BCUT2D eigenvalue weighted by Gasteiger charge is 2.07. The number of hydrogen-bond donors (Lipinski definition) is 2. The normalized spacial score (nSPS) is 12.1. The average Bonchev–Trinajstić information content (AvgIpc) is 2.61. The van der Waals surface area contributed by atoms with Crippen LogP contribution < -0.4 is 5.32 Å². The zero-order valence-electron chi connectivity index (χ0n) is 14.1. The van der Waals surface area contributed by atoms with E-state index >= 15 is 0 Å². The number of carbonyl (C=O) groups is 1. The first-order chi connectivity index (χ1) is 12.1. The number of carbonyl (C=O) groups excluding carboxylic acids is 1. The van der Waals surface area contributed by atoms with Gasteiger partial charge in [0.05, 0.1) is 6.10 Å². The first-order valence-corrected chi connectivity index (χ1v) is 8.87. The molecular formula is C20H23ClFNO2. The van der Waals surface area contributed by atoms with Crippen LogP contribution in [0.4, 0.5) is 4.39 Å². The molecule has 0 aliphatic rings. The number of aliphatic hydroxyl groups is 1. The van der Waals surface area contributed by atoms with Gasteiger partial charge in [-0.2, -0.15) is 0 Å². The van der Waals surface area contributed by atoms with E-state index in [4.69, 9.17) is 11.6 Å². The van der Waals surface area contributed by atoms with Crippen molar-refractivity contribution in [2.75, 3.05) is 13.1 Å². The van der Waals surface area contributed by atoms with Crippen molar-refractivity contribution in [1.82, 2.24) is 5.32 Å². The Labute approximate surface area is 152 Å². The lowest BCUT2D eigenvalue weighted by atomic mass is 10.0. The Morgan fingerprint density at radius 2 is 1.68 bits per heavy atom. The van der Waals surface area contributed by atoms with Crippen LogP contribution in [-0.4, -0.2) is 24.0 Å². The van der Waals surface area contributed by atoms with E-state index in [9.17, 15) is 14.3 Å². The summed E-state index contributed by atoms with van der Waals surface area (Å²) in [4.78, 5) is 11.9. The van der Waals surface area contributed by atoms with Crippen LogP contribution in [0.3, 0.4) is 0 Å². The first-order valence-electron chi connectivity index (χ1n) is 8.49. The predicted molar refractivity (Wildman–Crippen MR) is 98.5 cm³/mol. The van der Waals surface area contributed by atoms with Gasteiger partial charge in [-0.15, -0.1) is 0 Å². The molecule has 0 aliphatic heterocycles. The third-order valence-electron chi connectivity index (χ3n) is 4.01. The molecular weight excluding hydrogens is 341 g/mol. The van der Waals surface area contributed by atoms with Crippen molar-refractivity contribution in [3.05, 3.63) is 70.5 Å². The predicted octanol–water partition coefficient (Wildman–Crippen LogP) is 4.55. The van der Waals surface area contributed by atoms with Gasteiger partial charge in [-0.25, -0.2) is 4.39 Å². The number of rotatable bonds is 10. The van der Waals surface area contributed by atoms with Crippen LogP contribution in [0.5, 0.6) is 0 Å². The topological polar surface area (TPSA) is 49.3 Å². The Morgan fingerprint density at radius 3 is 2.36 bits per heavy atom. The fraction of sp³-hybridized carbons (Fsp3) is 0.350. The van der Waals surface area contributed by atoms with Crippen LogP contribution in [0.1, 0.15) is 47.7 Å². The summed E-state index contributed by atoms with van der Waals surface area (Å²) in [6, 6.07) is 12.9. The quantitative estimate of drug-likeness (QED) is 0.481. The standard InChI is InChI=1S/C20H23ClFNO2/c21-17-9-5-15(6-10-17)19(24)3-1-13-23-14-2-4-20(25)16-7-11-18(22)12-8-16/h5-12,19,23-24H,1-4,13-14H2/t19-/m1/s1. The van der Waals surface area contributed by atoms with Crippen LogP contribution in [0, 0.1) is 5.82 Å². The van der Waals surface area contributed by atoms with Gasteiger partial charge >= 0.3 is 0 Å². The van der Waals surface area contributed by atoms with E-state index < -0.39 is 6.10 Å². The summed E-state index contributed by atoms with van der Waals surface area (Å²) in [5, 5.41) is 14.0. The molecule has 5 heteroatoms. The van der Waals surface area contributed by atoms with Crippen molar-refractivity contribution in [1.29, 1.82) is 0 Å². The molecule has 0 unspecified atom stereocenters. The second-order valence-electron chi connectivity index (χ2n) is 5.99. The molecule has 134 valence electrons. The zero-order chi connectivity index (χ0) is 18.1. The average molecular weight is 364 g/mol. The largest absolute Gasteiger partial charge is 0.388 e. The second-order valence-corrected chi connectivity index (χ2v) is 6.43. The summed E-state index contributed by atoms with van der Waals surface area (Å²) in [5.41, 5.74) is 1.42. The fourth-order valence-electron chi connectivity index (χ4n) is 2.55. The molecule has 0 fully saturated rings. The molecule has 0 aromatic heterocycles. The minimum atomic E-state index is -0.487. The number of ketones is 1. The number of benzene rings is 2. The van der Waals surface area contributed by atoms with E-state index in [0.29, 0.717) is 23.4 Å². The fourth-order valence-corrected chi connectivity index (χ4v) is 2.68. The lowest BCUT2D eigenvalue weighted by Crippen LogP contribution is -2.18. The highest BCUT2D eigenvalue weighted by Crippen LogP contribution is 2.20. The van der Waals surface area contributed by atoms with Crippen molar-refractivity contribution in [2.24, 2.45) is 0 Å². The molecule has 0 amide bonds. The molecule has 0 bridgehead atoms. The summed E-state index contributed by atoms with van der Waals surface area (Å²) in [5.74, 6) is -0.307. The van der Waals surface area contributed by atoms with Gasteiger partial charge in [0.2, 0.25) is 0 Å². The van der Waals surface area contributed by atoms with Gasteiger partial charge in [0.1, 0.15) is 5.82 Å². The molecule has 0 radical (unpaired) electrons. The first kappa shape index (κ1) is 19.6. The van der Waals surface area contributed by atoms with Crippen LogP contribution in [0.2, 0.25) is 5.02 Å². The van der Waals surface area contributed by atoms with Crippen molar-refractivity contribution in [3.63, 3.8) is 0 Å². The molecule has 2 N–H and O–H groups in total. The van der Waals surface area contributed by atoms with E-state index in [2.05, 4.69) is 5.32 Å². The van der Waals surface area contributed by atoms with Crippen LogP contribution in [0.25, 0.3) is 0 Å². The Kier molecular flexibility index (Phi) is 8.06. The summed E-state index contributed by atoms with van der Waals surface area (Å²) in [7, 11) is 0. The maximum atomic E-state index is 12.8. The van der Waals surface area contributed by atoms with Crippen molar-refractivity contribution in [2.45, 2.75) is 31.8 Å². The maximum absolute atomic E-state index is 12.8. The molecule has 25 heavy (non-hydrogen) atoms. The number of hydrogen-bond acceptors (Lipinski definition) is 3. The summed E-state index contributed by atoms with van der Waals surface area (Å²) in [6.07, 6.45) is 2.19. The van der Waals surface area contributed by atoms with Gasteiger partial charge < -0.3 is 10.4 Å². The van der Waals surface area contributed by atoms with Gasteiger partial charge in [0, 0.05) is 17.0 Å². The smallest absolute Gasteiger partial charge is 0.162 e. The zero-order valence-corrected chi connectivity index (χ0v) is 14.8. The Morgan fingerprint density at radius 1 is 1.04 bits per heavy atom. The molecule has 0 saturated carbocycles. The minimum absolute atomic E-state index is 0.0277. The molecule has 0 heterocycles. The van der Waals surface area contributed by atoms with Crippen molar-refractivity contribution < 1.29 is 14.3 Å². The van der Waals surface area contributed by atoms with E-state index in [1.807, 2.05) is 12.1 Å². The number of halogens is 2. The lowest BCUT2D eigenvalue weighted by Gasteiger charge is -2.11. The molecule has 0 saturated heterocycles. The van der Waals surface area contributed by atoms with Crippen LogP contribution in [0.15, 0.2) is 48.5 Å². The summed E-state index contributed by atoms with van der Waals surface area (Å²) >= 11 is 5.83. The minimum Gasteiger partial charge on any atom is -0.388 e. The van der Waals surface area contributed by atoms with Gasteiger partial charge in [0.15, 0.2) is 5.78 Å². The molecule has 1 atom stereocenters. The number of nitrogens with one attached hydrogen (secondary N) is 1. The van der Waals surface area contributed by atoms with Gasteiger partial charge in [-0.05, 0) is 74.3 Å². The van der Waals surface area contributed by atoms with Crippen molar-refractivity contribution >= 4 is 17.4 Å². The molecule has 2 rings (SSSR count). The molecule has 2 aromatic rings. The number of aliphatic hydroxyl groups excluding tert-OH is 1. The maximum Gasteiger partial charge on any atom is 0.162 e. The van der Waals surface area contributed by atoms with E-state index in [0.717, 1.165) is 31.5 Å². The third-order valence-corrected chi connectivity index (χ3v) is 4.26. The van der Waals surface area contributed by atoms with Crippen LogP contribution in [-0.2, 0) is 0 Å². The lowest BCUT2D eigenvalue weighted by molar-refractivity contribution is 0.0980. The molecule has 0 spiro atoms. The van der Waals surface area contributed by atoms with Crippen LogP contribution >= 0.6 is 11.6 Å². The van der Waals surface area contributed by atoms with Gasteiger partial charge in [-0.3, -0.25) is 4.79 Å². The molecule has 0 aliphatic carbocycles. The van der Waals surface area contributed by atoms with Crippen molar-refractivity contribution in [3.8, 4) is 0 Å². The third kappa shape index (κ3) is 6.94. The van der Waals surface area contributed by atoms with E-state index in [1.165, 1.54) is 24.3 Å². The number of Topliss-reactive ketones (excluding diaryl/α,β-unsaturated/α-hetero) is 1. The SMILES string of the molecule is O=C(CCCNCCC[C@@H](O)c1ccc(Cl)cc1)c1ccc(F)cc1. The van der Waals surface area contributed by atoms with E-state index in [-0.39, 0.29) is 11.6 Å². The Hall–Kier alpha value is -1.75. The Balaban J connectivity index is 1.55. The molecule has 2 aromatic carbocycles. The Bertz CT molecular complexity index is 658. The second kappa shape index (κ2) is 10.3. The molecule has 3 nitrogen and oxygen atoms in total. The highest BCUT2D eigenvalue weighted by atomic mass is 35.5. The monoisotopic (exact) mass is 363 g/mol. The van der Waals surface area contributed by atoms with Gasteiger partial charge in [-0.1, -0.05) is 23.7 Å². The van der Waals surface area contributed by atoms with E-state index in [1.54, 1.807) is 12.1 Å². The summed E-state index contributed by atoms with van der Waals surface area (Å²) < 4.78 is 12.8.